The first-order chi connectivity index (χ1) is 13.1. The summed E-state index contributed by atoms with van der Waals surface area (Å²) in [5.74, 6) is 6.54. The quantitative estimate of drug-likeness (QED) is 0.569. The molecule has 0 atom stereocenters. The van der Waals surface area contributed by atoms with Crippen LogP contribution in [0.4, 0.5) is 5.69 Å². The molecule has 0 spiro atoms. The van der Waals surface area contributed by atoms with Crippen molar-refractivity contribution in [2.24, 2.45) is 0 Å². The van der Waals surface area contributed by atoms with Gasteiger partial charge in [-0.2, -0.15) is 0 Å². The van der Waals surface area contributed by atoms with E-state index in [0.29, 0.717) is 5.76 Å². The van der Waals surface area contributed by atoms with Crippen LogP contribution in [0.5, 0.6) is 0 Å². The maximum Gasteiger partial charge on any atom is 0.316 e. The van der Waals surface area contributed by atoms with Crippen LogP contribution in [0.2, 0.25) is 0 Å². The molecule has 0 radical (unpaired) electrons. The second-order valence-electron chi connectivity index (χ2n) is 6.82. The molecule has 1 N–H and O–H groups in total. The summed E-state index contributed by atoms with van der Waals surface area (Å²) < 4.78 is 10.2. The molecular formula is C22H20N2O3. The van der Waals surface area contributed by atoms with Gasteiger partial charge in [-0.05, 0) is 54.2 Å². The lowest BCUT2D eigenvalue weighted by Gasteiger charge is -2.13. The first-order valence-corrected chi connectivity index (χ1v) is 8.86. The number of aromatic nitrogens is 1. The summed E-state index contributed by atoms with van der Waals surface area (Å²) in [7, 11) is 3.27. The number of esters is 1. The van der Waals surface area contributed by atoms with Gasteiger partial charge in [-0.25, -0.2) is 0 Å². The van der Waals surface area contributed by atoms with Gasteiger partial charge < -0.3 is 14.6 Å². The maximum absolute atomic E-state index is 12.1. The highest BCUT2D eigenvalue weighted by Crippen LogP contribution is 2.49. The average Bonchev–Trinajstić information content (AvgIpc) is 3.43. The molecule has 5 heteroatoms. The molecule has 1 aromatic heterocycles. The van der Waals surface area contributed by atoms with Gasteiger partial charge in [-0.1, -0.05) is 35.3 Å². The Hall–Kier alpha value is -3.26. The van der Waals surface area contributed by atoms with E-state index in [1.165, 1.54) is 7.11 Å². The van der Waals surface area contributed by atoms with Crippen LogP contribution < -0.4 is 5.32 Å². The van der Waals surface area contributed by atoms with Gasteiger partial charge in [-0.3, -0.25) is 4.79 Å². The Morgan fingerprint density at radius 1 is 1.19 bits per heavy atom. The van der Waals surface area contributed by atoms with Crippen molar-refractivity contribution in [3.63, 3.8) is 0 Å². The molecule has 1 heterocycles. The number of nitrogens with one attached hydrogen (secondary N) is 1. The first-order valence-electron chi connectivity index (χ1n) is 8.86. The van der Waals surface area contributed by atoms with Gasteiger partial charge in [-0.15, -0.1) is 0 Å². The van der Waals surface area contributed by atoms with Crippen molar-refractivity contribution in [1.82, 2.24) is 5.16 Å². The summed E-state index contributed by atoms with van der Waals surface area (Å²) in [5, 5.41) is 9.15. The van der Waals surface area contributed by atoms with E-state index in [1.54, 1.807) is 0 Å². The van der Waals surface area contributed by atoms with Gasteiger partial charge in [0.2, 0.25) is 5.76 Å². The number of aryl methyl sites for hydroxylation is 1. The van der Waals surface area contributed by atoms with Gasteiger partial charge in [0.15, 0.2) is 0 Å². The van der Waals surface area contributed by atoms with E-state index in [1.807, 2.05) is 44.3 Å². The van der Waals surface area contributed by atoms with Gasteiger partial charge in [0.1, 0.15) is 11.4 Å². The summed E-state index contributed by atoms with van der Waals surface area (Å²) in [5.41, 5.74) is 3.06. The van der Waals surface area contributed by atoms with Gasteiger partial charge in [0.05, 0.1) is 12.5 Å². The normalized spacial score (nSPS) is 14.3. The third kappa shape index (κ3) is 2.93. The Morgan fingerprint density at radius 2 is 1.93 bits per heavy atom. The average molecular weight is 360 g/mol. The molecule has 0 saturated heterocycles. The van der Waals surface area contributed by atoms with Crippen molar-refractivity contribution < 1.29 is 14.1 Å². The Kier molecular flexibility index (Phi) is 4.12. The zero-order valence-electron chi connectivity index (χ0n) is 15.6. The zero-order chi connectivity index (χ0) is 19.0. The fourth-order valence-corrected chi connectivity index (χ4v) is 3.43. The number of nitrogens with zero attached hydrogens (tertiary/aromatic N) is 1. The van der Waals surface area contributed by atoms with E-state index in [-0.39, 0.29) is 5.97 Å². The molecule has 0 bridgehead atoms. The van der Waals surface area contributed by atoms with Crippen molar-refractivity contribution in [2.45, 2.75) is 25.2 Å². The number of methoxy groups -OCH3 is 1. The molecule has 136 valence electrons. The standard InChI is InChI=1S/C22H20N2O3/c1-14-20(23-2)19(27-24-14)9-5-15-4-6-17-13-18(8-7-16(17)12-15)22(10-11-22)21(25)26-3/h4,6-8,12-13,23H,10-11H2,1-3H3. The highest BCUT2D eigenvalue weighted by atomic mass is 16.5. The van der Waals surface area contributed by atoms with Crippen molar-refractivity contribution in [2.75, 3.05) is 19.5 Å². The molecule has 3 aromatic rings. The lowest BCUT2D eigenvalue weighted by atomic mass is 9.93. The number of ether oxygens (including phenoxy) is 1. The number of carbonyl (C=O) groups excluding carboxylic acids is 1. The second-order valence-corrected chi connectivity index (χ2v) is 6.82. The summed E-state index contributed by atoms with van der Waals surface area (Å²) >= 11 is 0. The second kappa shape index (κ2) is 6.48. The van der Waals surface area contributed by atoms with Crippen LogP contribution in [0.3, 0.4) is 0 Å². The Balaban J connectivity index is 1.66. The number of fused-ring (bicyclic) bond motifs is 1. The third-order valence-corrected chi connectivity index (χ3v) is 5.15. The summed E-state index contributed by atoms with van der Waals surface area (Å²) in [6.45, 7) is 1.87. The van der Waals surface area contributed by atoms with Crippen molar-refractivity contribution in [1.29, 1.82) is 0 Å². The van der Waals surface area contributed by atoms with E-state index in [0.717, 1.165) is 46.1 Å². The van der Waals surface area contributed by atoms with Crippen LogP contribution in [-0.4, -0.2) is 25.3 Å². The fourth-order valence-electron chi connectivity index (χ4n) is 3.43. The van der Waals surface area contributed by atoms with E-state index >= 15 is 0 Å². The monoisotopic (exact) mass is 360 g/mol. The van der Waals surface area contributed by atoms with Crippen LogP contribution in [0.25, 0.3) is 10.8 Å². The third-order valence-electron chi connectivity index (χ3n) is 5.15. The van der Waals surface area contributed by atoms with E-state index in [2.05, 4.69) is 28.4 Å². The maximum atomic E-state index is 12.1. The number of rotatable bonds is 3. The zero-order valence-corrected chi connectivity index (χ0v) is 15.6. The molecular weight excluding hydrogens is 340 g/mol. The van der Waals surface area contributed by atoms with Crippen LogP contribution in [0, 0.1) is 18.8 Å². The van der Waals surface area contributed by atoms with Gasteiger partial charge in [0, 0.05) is 12.6 Å². The number of carbonyl (C=O) groups is 1. The summed E-state index contributed by atoms with van der Waals surface area (Å²) in [6.07, 6.45) is 1.69. The topological polar surface area (TPSA) is 64.4 Å². The van der Waals surface area contributed by atoms with E-state index in [9.17, 15) is 4.79 Å². The molecule has 1 aliphatic rings. The highest BCUT2D eigenvalue weighted by molar-refractivity contribution is 5.90. The molecule has 0 unspecified atom stereocenters. The molecule has 4 rings (SSSR count). The summed E-state index contributed by atoms with van der Waals surface area (Å²) in [6, 6.07) is 12.2. The highest BCUT2D eigenvalue weighted by Gasteiger charge is 2.52. The van der Waals surface area contributed by atoms with E-state index < -0.39 is 5.41 Å². The number of benzene rings is 2. The number of hydrogen-bond acceptors (Lipinski definition) is 5. The largest absolute Gasteiger partial charge is 0.468 e. The molecule has 2 aromatic carbocycles. The SMILES string of the molecule is CNc1c(C)noc1C#Cc1ccc2cc(C3(C(=O)OC)CC3)ccc2c1. The lowest BCUT2D eigenvalue weighted by molar-refractivity contribution is -0.143. The van der Waals surface area contributed by atoms with Gasteiger partial charge >= 0.3 is 5.97 Å². The minimum Gasteiger partial charge on any atom is -0.468 e. The summed E-state index contributed by atoms with van der Waals surface area (Å²) in [4.78, 5) is 12.1. The molecule has 27 heavy (non-hydrogen) atoms. The predicted molar refractivity (Wildman–Crippen MR) is 104 cm³/mol. The van der Waals surface area contributed by atoms with E-state index in [4.69, 9.17) is 9.26 Å². The van der Waals surface area contributed by atoms with Crippen LogP contribution in [0.15, 0.2) is 40.9 Å². The van der Waals surface area contributed by atoms with Crippen LogP contribution in [0.1, 0.15) is 35.4 Å². The fraction of sp³-hybridized carbons (Fsp3) is 0.273. The van der Waals surface area contributed by atoms with Crippen molar-refractivity contribution >= 4 is 22.4 Å². The van der Waals surface area contributed by atoms with Crippen molar-refractivity contribution in [3.8, 4) is 11.8 Å². The Labute approximate surface area is 157 Å². The molecule has 1 aliphatic carbocycles. The molecule has 5 nitrogen and oxygen atoms in total. The molecule has 1 fully saturated rings. The van der Waals surface area contributed by atoms with Crippen LogP contribution >= 0.6 is 0 Å². The lowest BCUT2D eigenvalue weighted by Crippen LogP contribution is -2.21. The van der Waals surface area contributed by atoms with Gasteiger partial charge in [0.25, 0.3) is 0 Å². The first kappa shape index (κ1) is 17.2. The van der Waals surface area contributed by atoms with Crippen LogP contribution in [-0.2, 0) is 14.9 Å². The molecule has 0 aliphatic heterocycles. The predicted octanol–water partition coefficient (Wildman–Crippen LogP) is 3.78. The minimum absolute atomic E-state index is 0.146. The Bertz CT molecular complexity index is 1100. The number of anilines is 1. The Morgan fingerprint density at radius 3 is 2.63 bits per heavy atom. The number of hydrogen-bond donors (Lipinski definition) is 1. The minimum atomic E-state index is -0.449. The molecule has 0 amide bonds. The smallest absolute Gasteiger partial charge is 0.316 e. The van der Waals surface area contributed by atoms with Crippen molar-refractivity contribution in [3.05, 3.63) is 59.0 Å². The molecule has 1 saturated carbocycles.